The quantitative estimate of drug-likeness (QED) is 0.875. The summed E-state index contributed by atoms with van der Waals surface area (Å²) in [6.07, 6.45) is 3.25. The zero-order valence-electron chi connectivity index (χ0n) is 11.9. The van der Waals surface area contributed by atoms with Crippen LogP contribution in [0.2, 0.25) is 5.02 Å². The summed E-state index contributed by atoms with van der Waals surface area (Å²) < 4.78 is 0. The molecule has 2 aliphatic rings. The molecule has 0 radical (unpaired) electrons. The van der Waals surface area contributed by atoms with Crippen molar-refractivity contribution in [2.24, 2.45) is 5.41 Å². The van der Waals surface area contributed by atoms with Gasteiger partial charge < -0.3 is 10.4 Å². The predicted octanol–water partition coefficient (Wildman–Crippen LogP) is 2.65. The fourth-order valence-corrected chi connectivity index (χ4v) is 4.31. The Kier molecular flexibility index (Phi) is 4.21. The van der Waals surface area contributed by atoms with Gasteiger partial charge in [-0.1, -0.05) is 29.8 Å². The van der Waals surface area contributed by atoms with Gasteiger partial charge in [0.1, 0.15) is 0 Å². The molecule has 1 heterocycles. The van der Waals surface area contributed by atoms with Crippen LogP contribution in [-0.2, 0) is 11.2 Å². The number of amides is 1. The third-order valence-corrected chi connectivity index (χ3v) is 6.09. The molecule has 3 rings (SSSR count). The minimum atomic E-state index is -0.721. The molecule has 1 aromatic carbocycles. The number of carbonyl (C=O) groups excluding carboxylic acids is 1. The lowest BCUT2D eigenvalue weighted by Crippen LogP contribution is -2.45. The van der Waals surface area contributed by atoms with Gasteiger partial charge >= 0.3 is 0 Å². The van der Waals surface area contributed by atoms with E-state index in [2.05, 4.69) is 5.32 Å². The smallest absolute Gasteiger partial charge is 0.226 e. The molecule has 0 bridgehead atoms. The van der Waals surface area contributed by atoms with Crippen molar-refractivity contribution in [3.05, 3.63) is 34.9 Å². The van der Waals surface area contributed by atoms with E-state index in [1.165, 1.54) is 0 Å². The Morgan fingerprint density at radius 1 is 1.33 bits per heavy atom. The maximum atomic E-state index is 12.5. The minimum absolute atomic E-state index is 0.0627. The Morgan fingerprint density at radius 2 is 2.10 bits per heavy atom. The SMILES string of the molecule is O=C(NC[C@@]1(O)CCSC1)C1(Cc2ccccc2Cl)CC1. The van der Waals surface area contributed by atoms with Crippen LogP contribution in [0.15, 0.2) is 24.3 Å². The Morgan fingerprint density at radius 3 is 2.71 bits per heavy atom. The molecule has 1 aliphatic carbocycles. The molecule has 21 heavy (non-hydrogen) atoms. The van der Waals surface area contributed by atoms with Gasteiger partial charge in [0, 0.05) is 17.3 Å². The van der Waals surface area contributed by atoms with Crippen molar-refractivity contribution in [3.8, 4) is 0 Å². The summed E-state index contributed by atoms with van der Waals surface area (Å²) in [6, 6.07) is 7.70. The van der Waals surface area contributed by atoms with Gasteiger partial charge in [0.25, 0.3) is 0 Å². The van der Waals surface area contributed by atoms with Gasteiger partial charge in [0.2, 0.25) is 5.91 Å². The van der Waals surface area contributed by atoms with Crippen molar-refractivity contribution in [1.82, 2.24) is 5.32 Å². The molecule has 0 unspecified atom stereocenters. The van der Waals surface area contributed by atoms with Gasteiger partial charge in [0.05, 0.1) is 11.0 Å². The van der Waals surface area contributed by atoms with Crippen LogP contribution in [0.4, 0.5) is 0 Å². The van der Waals surface area contributed by atoms with Gasteiger partial charge in [0.15, 0.2) is 0 Å². The number of carbonyl (C=O) groups is 1. The topological polar surface area (TPSA) is 49.3 Å². The second kappa shape index (κ2) is 5.82. The normalized spacial score (nSPS) is 26.6. The average Bonchev–Trinajstić information content (AvgIpc) is 3.13. The predicted molar refractivity (Wildman–Crippen MR) is 86.7 cm³/mol. The molecular weight excluding hydrogens is 306 g/mol. The number of rotatable bonds is 5. The van der Waals surface area contributed by atoms with E-state index >= 15 is 0 Å². The largest absolute Gasteiger partial charge is 0.387 e. The van der Waals surface area contributed by atoms with Crippen LogP contribution < -0.4 is 5.32 Å². The van der Waals surface area contributed by atoms with Crippen molar-refractivity contribution in [1.29, 1.82) is 0 Å². The Hall–Kier alpha value is -0.710. The standard InChI is InChI=1S/C16H20ClNO2S/c17-13-4-2-1-3-12(13)9-15(5-6-15)14(19)18-10-16(20)7-8-21-11-16/h1-4,20H,5-11H2,(H,18,19)/t16-/m0/s1. The molecule has 1 amide bonds. The molecule has 114 valence electrons. The number of halogens is 1. The van der Waals surface area contributed by atoms with E-state index < -0.39 is 5.60 Å². The van der Waals surface area contributed by atoms with E-state index in [1.807, 2.05) is 24.3 Å². The second-order valence-corrected chi connectivity index (χ2v) is 7.77. The summed E-state index contributed by atoms with van der Waals surface area (Å²) >= 11 is 7.93. The lowest BCUT2D eigenvalue weighted by atomic mass is 9.95. The lowest BCUT2D eigenvalue weighted by molar-refractivity contribution is -0.127. The lowest BCUT2D eigenvalue weighted by Gasteiger charge is -2.24. The van der Waals surface area contributed by atoms with Gasteiger partial charge in [-0.15, -0.1) is 0 Å². The Balaban J connectivity index is 1.60. The molecule has 0 spiro atoms. The van der Waals surface area contributed by atoms with Gasteiger partial charge in [-0.3, -0.25) is 4.79 Å². The van der Waals surface area contributed by atoms with Crippen molar-refractivity contribution < 1.29 is 9.90 Å². The van der Waals surface area contributed by atoms with Gasteiger partial charge in [-0.2, -0.15) is 11.8 Å². The van der Waals surface area contributed by atoms with E-state index in [0.717, 1.165) is 35.6 Å². The number of hydrogen-bond donors (Lipinski definition) is 2. The van der Waals surface area contributed by atoms with Crippen molar-refractivity contribution >= 4 is 29.3 Å². The minimum Gasteiger partial charge on any atom is -0.387 e. The van der Waals surface area contributed by atoms with Crippen molar-refractivity contribution in [3.63, 3.8) is 0 Å². The first-order valence-electron chi connectivity index (χ1n) is 7.35. The van der Waals surface area contributed by atoms with Crippen LogP contribution in [0.5, 0.6) is 0 Å². The number of hydrogen-bond acceptors (Lipinski definition) is 3. The van der Waals surface area contributed by atoms with Crippen LogP contribution in [0, 0.1) is 5.41 Å². The van der Waals surface area contributed by atoms with E-state index in [0.29, 0.717) is 18.7 Å². The first-order valence-corrected chi connectivity index (χ1v) is 8.88. The number of thioether (sulfide) groups is 1. The van der Waals surface area contributed by atoms with Crippen molar-refractivity contribution in [2.75, 3.05) is 18.1 Å². The van der Waals surface area contributed by atoms with Gasteiger partial charge in [-0.05, 0) is 43.1 Å². The Labute approximate surface area is 134 Å². The zero-order valence-corrected chi connectivity index (χ0v) is 13.5. The number of nitrogens with one attached hydrogen (secondary N) is 1. The summed E-state index contributed by atoms with van der Waals surface area (Å²) in [7, 11) is 0. The molecular formula is C16H20ClNO2S. The maximum absolute atomic E-state index is 12.5. The summed E-state index contributed by atoms with van der Waals surface area (Å²) in [5, 5.41) is 14.0. The summed E-state index contributed by atoms with van der Waals surface area (Å²) in [4.78, 5) is 12.5. The molecule has 3 nitrogen and oxygen atoms in total. The van der Waals surface area contributed by atoms with Gasteiger partial charge in [-0.25, -0.2) is 0 Å². The molecule has 5 heteroatoms. The number of benzene rings is 1. The van der Waals surface area contributed by atoms with Crippen LogP contribution in [0.3, 0.4) is 0 Å². The molecule has 1 saturated carbocycles. The highest BCUT2D eigenvalue weighted by atomic mass is 35.5. The third-order valence-electron chi connectivity index (χ3n) is 4.48. The van der Waals surface area contributed by atoms with Crippen LogP contribution >= 0.6 is 23.4 Å². The van der Waals surface area contributed by atoms with Crippen LogP contribution in [0.1, 0.15) is 24.8 Å². The molecule has 1 aromatic rings. The molecule has 0 aromatic heterocycles. The highest BCUT2D eigenvalue weighted by Gasteiger charge is 2.50. The van der Waals surface area contributed by atoms with Crippen LogP contribution in [-0.4, -0.2) is 34.7 Å². The highest BCUT2D eigenvalue weighted by molar-refractivity contribution is 7.99. The second-order valence-electron chi connectivity index (χ2n) is 6.26. The van der Waals surface area contributed by atoms with E-state index in [1.54, 1.807) is 11.8 Å². The third kappa shape index (κ3) is 3.38. The first kappa shape index (κ1) is 15.2. The molecule has 1 aliphatic heterocycles. The van der Waals surface area contributed by atoms with Crippen molar-refractivity contribution in [2.45, 2.75) is 31.3 Å². The monoisotopic (exact) mass is 325 g/mol. The first-order chi connectivity index (χ1) is 10.0. The van der Waals surface area contributed by atoms with Crippen LogP contribution in [0.25, 0.3) is 0 Å². The maximum Gasteiger partial charge on any atom is 0.226 e. The zero-order chi connectivity index (χ0) is 14.9. The van der Waals surface area contributed by atoms with E-state index in [-0.39, 0.29) is 11.3 Å². The summed E-state index contributed by atoms with van der Waals surface area (Å²) in [6.45, 7) is 0.364. The summed E-state index contributed by atoms with van der Waals surface area (Å²) in [5.41, 5.74) is -0.00425. The molecule has 2 fully saturated rings. The molecule has 2 N–H and O–H groups in total. The highest BCUT2D eigenvalue weighted by Crippen LogP contribution is 2.49. The van der Waals surface area contributed by atoms with E-state index in [4.69, 9.17) is 11.6 Å². The fraction of sp³-hybridized carbons (Fsp3) is 0.562. The number of aliphatic hydroxyl groups is 1. The Bertz CT molecular complexity index is 539. The average molecular weight is 326 g/mol. The molecule has 1 saturated heterocycles. The summed E-state index contributed by atoms with van der Waals surface area (Å²) in [5.74, 6) is 1.75. The van der Waals surface area contributed by atoms with E-state index in [9.17, 15) is 9.90 Å². The molecule has 1 atom stereocenters. The fourth-order valence-electron chi connectivity index (χ4n) is 2.81.